The first-order chi connectivity index (χ1) is 8.71. The molecule has 1 aliphatic rings. The Balaban J connectivity index is 2.43. The molecule has 1 aromatic rings. The third kappa shape index (κ3) is 2.19. The van der Waals surface area contributed by atoms with Crippen LogP contribution in [-0.4, -0.2) is 33.4 Å². The Morgan fingerprint density at radius 1 is 1.28 bits per heavy atom. The molecule has 100 valence electrons. The lowest BCUT2D eigenvalue weighted by atomic mass is 10.1. The highest BCUT2D eigenvalue weighted by molar-refractivity contribution is 5.77. The van der Waals surface area contributed by atoms with Crippen LogP contribution < -0.4 is 19.7 Å². The van der Waals surface area contributed by atoms with Gasteiger partial charge in [0.15, 0.2) is 11.5 Å². The minimum atomic E-state index is 0.531. The molecule has 0 aromatic heterocycles. The molecule has 4 nitrogen and oxygen atoms in total. The predicted molar refractivity (Wildman–Crippen MR) is 75.1 cm³/mol. The molecule has 0 bridgehead atoms. The maximum Gasteiger partial charge on any atom is 0.162 e. The quantitative estimate of drug-likeness (QED) is 0.891. The highest BCUT2D eigenvalue weighted by Crippen LogP contribution is 2.40. The lowest BCUT2D eigenvalue weighted by molar-refractivity contribution is 0.355. The van der Waals surface area contributed by atoms with Gasteiger partial charge in [0, 0.05) is 31.3 Å². The summed E-state index contributed by atoms with van der Waals surface area (Å²) in [5.74, 6) is 1.56. The topological polar surface area (TPSA) is 33.7 Å². The van der Waals surface area contributed by atoms with Crippen molar-refractivity contribution in [1.29, 1.82) is 0 Å². The van der Waals surface area contributed by atoms with E-state index in [9.17, 15) is 0 Å². The van der Waals surface area contributed by atoms with Crippen molar-refractivity contribution in [3.63, 3.8) is 0 Å². The Hall–Kier alpha value is -1.58. The van der Waals surface area contributed by atoms with Crippen LogP contribution in [0.1, 0.15) is 20.3 Å². The van der Waals surface area contributed by atoms with Crippen molar-refractivity contribution in [2.75, 3.05) is 37.5 Å². The molecule has 1 N–H and O–H groups in total. The van der Waals surface area contributed by atoms with E-state index in [1.807, 2.05) is 6.07 Å². The first-order valence-corrected chi connectivity index (χ1v) is 6.47. The molecular formula is C14H22N2O2. The van der Waals surface area contributed by atoms with E-state index in [0.717, 1.165) is 36.7 Å². The van der Waals surface area contributed by atoms with Crippen molar-refractivity contribution < 1.29 is 9.47 Å². The van der Waals surface area contributed by atoms with Crippen LogP contribution in [0.5, 0.6) is 11.5 Å². The van der Waals surface area contributed by atoms with Gasteiger partial charge < -0.3 is 19.7 Å². The van der Waals surface area contributed by atoms with Gasteiger partial charge in [0.1, 0.15) is 0 Å². The lowest BCUT2D eigenvalue weighted by Gasteiger charge is -2.36. The number of anilines is 2. The minimum Gasteiger partial charge on any atom is -0.493 e. The van der Waals surface area contributed by atoms with E-state index in [2.05, 4.69) is 30.1 Å². The molecule has 1 atom stereocenters. The first kappa shape index (κ1) is 12.9. The Kier molecular flexibility index (Phi) is 3.84. The van der Waals surface area contributed by atoms with Crippen molar-refractivity contribution in [3.8, 4) is 11.5 Å². The lowest BCUT2D eigenvalue weighted by Crippen LogP contribution is -2.40. The molecule has 1 aliphatic heterocycles. The van der Waals surface area contributed by atoms with E-state index < -0.39 is 0 Å². The van der Waals surface area contributed by atoms with Crippen molar-refractivity contribution in [1.82, 2.24) is 0 Å². The van der Waals surface area contributed by atoms with Gasteiger partial charge in [0.25, 0.3) is 0 Å². The third-order valence-corrected chi connectivity index (χ3v) is 3.60. The van der Waals surface area contributed by atoms with Crippen LogP contribution in [0.4, 0.5) is 11.4 Å². The zero-order valence-corrected chi connectivity index (χ0v) is 11.6. The van der Waals surface area contributed by atoms with Crippen LogP contribution in [0.3, 0.4) is 0 Å². The van der Waals surface area contributed by atoms with E-state index in [4.69, 9.17) is 9.47 Å². The Labute approximate surface area is 109 Å². The molecule has 4 heteroatoms. The average Bonchev–Trinajstić information content (AvgIpc) is 2.44. The predicted octanol–water partition coefficient (Wildman–Crippen LogP) is 2.73. The van der Waals surface area contributed by atoms with Crippen molar-refractivity contribution in [2.24, 2.45) is 0 Å². The Morgan fingerprint density at radius 3 is 2.56 bits per heavy atom. The number of benzene rings is 1. The molecule has 1 unspecified atom stereocenters. The SMILES string of the molecule is CCC(C)N1CCNc2cc(OC)c(OC)cc21. The first-order valence-electron chi connectivity index (χ1n) is 6.47. The van der Waals surface area contributed by atoms with Crippen molar-refractivity contribution >= 4 is 11.4 Å². The number of rotatable bonds is 4. The minimum absolute atomic E-state index is 0.531. The maximum atomic E-state index is 5.38. The van der Waals surface area contributed by atoms with Crippen LogP contribution in [0.2, 0.25) is 0 Å². The summed E-state index contributed by atoms with van der Waals surface area (Å²) in [7, 11) is 3.34. The molecule has 2 rings (SSSR count). The number of hydrogen-bond donors (Lipinski definition) is 1. The van der Waals surface area contributed by atoms with Gasteiger partial charge in [-0.1, -0.05) is 6.92 Å². The Morgan fingerprint density at radius 2 is 1.94 bits per heavy atom. The molecule has 0 amide bonds. The summed E-state index contributed by atoms with van der Waals surface area (Å²) in [4.78, 5) is 2.42. The number of hydrogen-bond acceptors (Lipinski definition) is 4. The molecule has 0 saturated heterocycles. The average molecular weight is 250 g/mol. The standard InChI is InChI=1S/C14H22N2O2/c1-5-10(2)16-7-6-15-11-8-13(17-3)14(18-4)9-12(11)16/h8-10,15H,5-7H2,1-4H3. The number of fused-ring (bicyclic) bond motifs is 1. The summed E-state index contributed by atoms with van der Waals surface area (Å²) in [5.41, 5.74) is 2.33. The van der Waals surface area contributed by atoms with Crippen LogP contribution in [-0.2, 0) is 0 Å². The summed E-state index contributed by atoms with van der Waals surface area (Å²) in [6.45, 7) is 6.46. The summed E-state index contributed by atoms with van der Waals surface area (Å²) < 4.78 is 10.7. The molecule has 0 spiro atoms. The van der Waals surface area contributed by atoms with E-state index in [1.165, 1.54) is 5.69 Å². The highest BCUT2D eigenvalue weighted by Gasteiger charge is 2.22. The second kappa shape index (κ2) is 5.38. The van der Waals surface area contributed by atoms with E-state index in [1.54, 1.807) is 14.2 Å². The number of methoxy groups -OCH3 is 2. The van der Waals surface area contributed by atoms with Crippen LogP contribution >= 0.6 is 0 Å². The fourth-order valence-electron chi connectivity index (χ4n) is 2.36. The molecule has 0 aliphatic carbocycles. The second-order valence-corrected chi connectivity index (χ2v) is 4.60. The van der Waals surface area contributed by atoms with Crippen molar-refractivity contribution in [3.05, 3.63) is 12.1 Å². The van der Waals surface area contributed by atoms with Gasteiger partial charge in [-0.3, -0.25) is 0 Å². The van der Waals surface area contributed by atoms with Gasteiger partial charge in [-0.15, -0.1) is 0 Å². The maximum absolute atomic E-state index is 5.38. The second-order valence-electron chi connectivity index (χ2n) is 4.60. The monoisotopic (exact) mass is 250 g/mol. The van der Waals surface area contributed by atoms with Gasteiger partial charge >= 0.3 is 0 Å². The zero-order chi connectivity index (χ0) is 13.1. The molecular weight excluding hydrogens is 228 g/mol. The van der Waals surface area contributed by atoms with E-state index >= 15 is 0 Å². The van der Waals surface area contributed by atoms with Crippen LogP contribution in [0, 0.1) is 0 Å². The third-order valence-electron chi connectivity index (χ3n) is 3.60. The smallest absolute Gasteiger partial charge is 0.162 e. The number of nitrogens with one attached hydrogen (secondary N) is 1. The zero-order valence-electron chi connectivity index (χ0n) is 11.6. The molecule has 0 radical (unpaired) electrons. The normalized spacial score (nSPS) is 15.7. The molecule has 1 aromatic carbocycles. The number of nitrogens with zero attached hydrogens (tertiary/aromatic N) is 1. The van der Waals surface area contributed by atoms with Gasteiger partial charge in [0.05, 0.1) is 25.6 Å². The summed E-state index contributed by atoms with van der Waals surface area (Å²) in [6.07, 6.45) is 1.13. The van der Waals surface area contributed by atoms with Crippen LogP contribution in [0.25, 0.3) is 0 Å². The summed E-state index contributed by atoms with van der Waals surface area (Å²) in [5, 5.41) is 3.42. The highest BCUT2D eigenvalue weighted by atomic mass is 16.5. The summed E-state index contributed by atoms with van der Waals surface area (Å²) >= 11 is 0. The van der Waals surface area contributed by atoms with Gasteiger partial charge in [-0.05, 0) is 13.3 Å². The van der Waals surface area contributed by atoms with E-state index in [-0.39, 0.29) is 0 Å². The largest absolute Gasteiger partial charge is 0.493 e. The van der Waals surface area contributed by atoms with Crippen LogP contribution in [0.15, 0.2) is 12.1 Å². The van der Waals surface area contributed by atoms with Gasteiger partial charge in [0.2, 0.25) is 0 Å². The Bertz CT molecular complexity index is 421. The fraction of sp³-hybridized carbons (Fsp3) is 0.571. The fourth-order valence-corrected chi connectivity index (χ4v) is 2.36. The van der Waals surface area contributed by atoms with Gasteiger partial charge in [-0.25, -0.2) is 0 Å². The summed E-state index contributed by atoms with van der Waals surface area (Å²) in [6, 6.07) is 4.61. The molecule has 0 saturated carbocycles. The van der Waals surface area contributed by atoms with E-state index in [0.29, 0.717) is 6.04 Å². The molecule has 1 heterocycles. The van der Waals surface area contributed by atoms with Gasteiger partial charge in [-0.2, -0.15) is 0 Å². The molecule has 0 fully saturated rings. The van der Waals surface area contributed by atoms with Crippen molar-refractivity contribution in [2.45, 2.75) is 26.3 Å². The number of ether oxygens (including phenoxy) is 2. The molecule has 18 heavy (non-hydrogen) atoms.